The second kappa shape index (κ2) is 4.74. The fourth-order valence-corrected chi connectivity index (χ4v) is 3.26. The number of aryl methyl sites for hydroxylation is 1. The lowest BCUT2D eigenvalue weighted by atomic mass is 10.2. The third-order valence-electron chi connectivity index (χ3n) is 2.60. The molecule has 0 aromatic carbocycles. The summed E-state index contributed by atoms with van der Waals surface area (Å²) in [5, 5.41) is 0.702. The molecule has 2 nitrogen and oxygen atoms in total. The highest BCUT2D eigenvalue weighted by atomic mass is 79.9. The predicted molar refractivity (Wildman–Crippen MR) is 70.8 cm³/mol. The van der Waals surface area contributed by atoms with Crippen LogP contribution < -0.4 is 4.90 Å². The Morgan fingerprint density at radius 2 is 2.40 bits per heavy atom. The van der Waals surface area contributed by atoms with Crippen LogP contribution in [0.15, 0.2) is 16.7 Å². The van der Waals surface area contributed by atoms with Crippen LogP contribution in [-0.2, 0) is 0 Å². The summed E-state index contributed by atoms with van der Waals surface area (Å²) < 4.78 is 1.14. The zero-order valence-electron chi connectivity index (χ0n) is 9.03. The van der Waals surface area contributed by atoms with E-state index in [2.05, 4.69) is 39.7 Å². The zero-order valence-corrected chi connectivity index (χ0v) is 11.4. The smallest absolute Gasteiger partial charge is 0.143 e. The van der Waals surface area contributed by atoms with Crippen molar-refractivity contribution in [2.24, 2.45) is 0 Å². The van der Waals surface area contributed by atoms with Gasteiger partial charge in [-0.2, -0.15) is 11.8 Å². The van der Waals surface area contributed by atoms with Gasteiger partial charge in [0.15, 0.2) is 0 Å². The van der Waals surface area contributed by atoms with Gasteiger partial charge < -0.3 is 4.90 Å². The Morgan fingerprint density at radius 3 is 3.13 bits per heavy atom. The Hall–Kier alpha value is -0.220. The summed E-state index contributed by atoms with van der Waals surface area (Å²) >= 11 is 5.67. The largest absolute Gasteiger partial charge is 0.354 e. The molecular formula is C11H15BrN2S. The molecule has 2 rings (SSSR count). The van der Waals surface area contributed by atoms with E-state index in [0.29, 0.717) is 5.25 Å². The number of hydrogen-bond donors (Lipinski definition) is 0. The van der Waals surface area contributed by atoms with Gasteiger partial charge in [0.2, 0.25) is 0 Å². The third-order valence-corrected chi connectivity index (χ3v) is 4.72. The van der Waals surface area contributed by atoms with E-state index >= 15 is 0 Å². The van der Waals surface area contributed by atoms with Gasteiger partial charge in [0.05, 0.1) is 4.47 Å². The quantitative estimate of drug-likeness (QED) is 0.789. The highest BCUT2D eigenvalue weighted by molar-refractivity contribution is 9.10. The lowest BCUT2D eigenvalue weighted by Gasteiger charge is -2.32. The minimum Gasteiger partial charge on any atom is -0.354 e. The maximum Gasteiger partial charge on any atom is 0.143 e. The molecule has 0 radical (unpaired) electrons. The summed E-state index contributed by atoms with van der Waals surface area (Å²) in [6.07, 6.45) is 1.89. The van der Waals surface area contributed by atoms with Crippen molar-refractivity contribution >= 4 is 33.5 Å². The van der Waals surface area contributed by atoms with Gasteiger partial charge in [-0.3, -0.25) is 0 Å². The van der Waals surface area contributed by atoms with Crippen LogP contribution in [0.4, 0.5) is 5.82 Å². The molecule has 1 fully saturated rings. The average molecular weight is 287 g/mol. The van der Waals surface area contributed by atoms with Crippen molar-refractivity contribution in [1.29, 1.82) is 0 Å². The molecule has 2 heterocycles. The number of pyridine rings is 1. The highest BCUT2D eigenvalue weighted by Gasteiger charge is 2.20. The molecule has 0 aliphatic carbocycles. The standard InChI is InChI=1S/C11H15BrN2S/c1-8-3-4-13-11(10(8)12)14-5-6-15-9(2)7-14/h3-4,9H,5-7H2,1-2H3. The topological polar surface area (TPSA) is 16.1 Å². The minimum atomic E-state index is 0.702. The van der Waals surface area contributed by atoms with Crippen LogP contribution in [0.25, 0.3) is 0 Å². The molecule has 1 aliphatic rings. The van der Waals surface area contributed by atoms with Crippen molar-refractivity contribution in [3.8, 4) is 0 Å². The highest BCUT2D eigenvalue weighted by Crippen LogP contribution is 2.30. The normalized spacial score (nSPS) is 21.8. The molecule has 4 heteroatoms. The lowest BCUT2D eigenvalue weighted by Crippen LogP contribution is -2.37. The number of halogens is 1. The zero-order chi connectivity index (χ0) is 10.8. The monoisotopic (exact) mass is 286 g/mol. The van der Waals surface area contributed by atoms with E-state index in [9.17, 15) is 0 Å². The number of thioether (sulfide) groups is 1. The molecular weight excluding hydrogens is 272 g/mol. The van der Waals surface area contributed by atoms with E-state index in [-0.39, 0.29) is 0 Å². The molecule has 1 unspecified atom stereocenters. The number of hydrogen-bond acceptors (Lipinski definition) is 3. The molecule has 1 aliphatic heterocycles. The van der Waals surface area contributed by atoms with Gasteiger partial charge in [-0.15, -0.1) is 0 Å². The van der Waals surface area contributed by atoms with Crippen LogP contribution in [0.3, 0.4) is 0 Å². The van der Waals surface area contributed by atoms with Crippen LogP contribution in [0.1, 0.15) is 12.5 Å². The minimum absolute atomic E-state index is 0.702. The Bertz CT molecular complexity index is 356. The van der Waals surface area contributed by atoms with Gasteiger partial charge >= 0.3 is 0 Å². The fraction of sp³-hybridized carbons (Fsp3) is 0.545. The molecule has 1 atom stereocenters. The molecule has 1 saturated heterocycles. The molecule has 82 valence electrons. The Morgan fingerprint density at radius 1 is 1.60 bits per heavy atom. The summed E-state index contributed by atoms with van der Waals surface area (Å²) in [5.41, 5.74) is 1.26. The SMILES string of the molecule is Cc1ccnc(N2CCSC(C)C2)c1Br. The van der Waals surface area contributed by atoms with E-state index in [0.717, 1.165) is 23.4 Å². The summed E-state index contributed by atoms with van der Waals surface area (Å²) in [4.78, 5) is 6.84. The van der Waals surface area contributed by atoms with Crippen molar-refractivity contribution in [3.63, 3.8) is 0 Å². The Kier molecular flexibility index (Phi) is 3.57. The van der Waals surface area contributed by atoms with E-state index in [1.165, 1.54) is 11.3 Å². The fourth-order valence-electron chi connectivity index (χ4n) is 1.76. The molecule has 0 spiro atoms. The first-order valence-electron chi connectivity index (χ1n) is 5.16. The first-order valence-corrected chi connectivity index (χ1v) is 7.00. The van der Waals surface area contributed by atoms with Crippen molar-refractivity contribution in [2.75, 3.05) is 23.7 Å². The first kappa shape index (κ1) is 11.3. The summed E-state index contributed by atoms with van der Waals surface area (Å²) in [6.45, 7) is 6.59. The third kappa shape index (κ3) is 2.48. The summed E-state index contributed by atoms with van der Waals surface area (Å²) in [5.74, 6) is 2.30. The molecule has 15 heavy (non-hydrogen) atoms. The molecule has 0 bridgehead atoms. The van der Waals surface area contributed by atoms with Gasteiger partial charge in [-0.25, -0.2) is 4.98 Å². The number of anilines is 1. The lowest BCUT2D eigenvalue weighted by molar-refractivity contribution is 0.767. The van der Waals surface area contributed by atoms with E-state index in [1.807, 2.05) is 24.0 Å². The van der Waals surface area contributed by atoms with Crippen LogP contribution in [0.5, 0.6) is 0 Å². The Balaban J connectivity index is 2.24. The second-order valence-electron chi connectivity index (χ2n) is 3.89. The van der Waals surface area contributed by atoms with Crippen molar-refractivity contribution in [2.45, 2.75) is 19.1 Å². The van der Waals surface area contributed by atoms with E-state index in [1.54, 1.807) is 0 Å². The van der Waals surface area contributed by atoms with Gasteiger partial charge in [0.1, 0.15) is 5.82 Å². The van der Waals surface area contributed by atoms with Crippen LogP contribution in [0, 0.1) is 6.92 Å². The summed E-state index contributed by atoms with van der Waals surface area (Å²) in [6, 6.07) is 2.04. The van der Waals surface area contributed by atoms with Gasteiger partial charge in [0, 0.05) is 30.3 Å². The van der Waals surface area contributed by atoms with Crippen molar-refractivity contribution in [3.05, 3.63) is 22.3 Å². The number of nitrogens with zero attached hydrogens (tertiary/aromatic N) is 2. The molecule has 1 aromatic heterocycles. The van der Waals surface area contributed by atoms with Crippen LogP contribution >= 0.6 is 27.7 Å². The predicted octanol–water partition coefficient (Wildman–Crippen LogP) is 3.09. The maximum absolute atomic E-state index is 4.47. The van der Waals surface area contributed by atoms with Crippen molar-refractivity contribution in [1.82, 2.24) is 4.98 Å². The second-order valence-corrected chi connectivity index (χ2v) is 6.23. The Labute approximate surface area is 104 Å². The van der Waals surface area contributed by atoms with E-state index in [4.69, 9.17) is 0 Å². The van der Waals surface area contributed by atoms with E-state index < -0.39 is 0 Å². The number of rotatable bonds is 1. The molecule has 0 N–H and O–H groups in total. The van der Waals surface area contributed by atoms with Crippen LogP contribution in [-0.4, -0.2) is 29.1 Å². The van der Waals surface area contributed by atoms with Crippen LogP contribution in [0.2, 0.25) is 0 Å². The average Bonchev–Trinajstić information content (AvgIpc) is 2.22. The molecule has 1 aromatic rings. The summed E-state index contributed by atoms with van der Waals surface area (Å²) in [7, 11) is 0. The van der Waals surface area contributed by atoms with Crippen molar-refractivity contribution < 1.29 is 0 Å². The molecule has 0 saturated carbocycles. The molecule has 0 amide bonds. The maximum atomic E-state index is 4.47. The first-order chi connectivity index (χ1) is 7.18. The number of aromatic nitrogens is 1. The van der Waals surface area contributed by atoms with Gasteiger partial charge in [-0.05, 0) is 34.5 Å². The van der Waals surface area contributed by atoms with Gasteiger partial charge in [0.25, 0.3) is 0 Å². The van der Waals surface area contributed by atoms with Gasteiger partial charge in [-0.1, -0.05) is 6.92 Å².